The summed E-state index contributed by atoms with van der Waals surface area (Å²) in [6.07, 6.45) is 2.24. The molecule has 106 valence electrons. The zero-order valence-electron chi connectivity index (χ0n) is 11.2. The average Bonchev–Trinajstić information content (AvgIpc) is 3.23. The zero-order valence-corrected chi connectivity index (χ0v) is 12.1. The van der Waals surface area contributed by atoms with Crippen LogP contribution in [-0.2, 0) is 0 Å². The third-order valence-corrected chi connectivity index (χ3v) is 4.51. The van der Waals surface area contributed by atoms with E-state index < -0.39 is 6.10 Å². The van der Waals surface area contributed by atoms with Gasteiger partial charge in [-0.3, -0.25) is 4.57 Å². The van der Waals surface area contributed by atoms with Crippen LogP contribution >= 0.6 is 11.8 Å². The third-order valence-electron chi connectivity index (χ3n) is 3.45. The first-order chi connectivity index (χ1) is 9.70. The number of hydrogen-bond donors (Lipinski definition) is 2. The van der Waals surface area contributed by atoms with Crippen molar-refractivity contribution in [3.05, 3.63) is 40.3 Å². The van der Waals surface area contributed by atoms with Crippen LogP contribution in [0, 0.1) is 0 Å². The molecule has 0 spiro atoms. The second-order valence-electron chi connectivity index (χ2n) is 4.98. The van der Waals surface area contributed by atoms with Crippen molar-refractivity contribution in [3.8, 4) is 0 Å². The van der Waals surface area contributed by atoms with Gasteiger partial charge in [-0.2, -0.15) is 0 Å². The Bertz CT molecular complexity index is 660. The molecular formula is C14H17N3O2S. The lowest BCUT2D eigenvalue weighted by Gasteiger charge is -2.13. The van der Waals surface area contributed by atoms with Gasteiger partial charge in [0.25, 0.3) is 0 Å². The molecule has 1 aliphatic rings. The predicted molar refractivity (Wildman–Crippen MR) is 76.9 cm³/mol. The van der Waals surface area contributed by atoms with Crippen molar-refractivity contribution >= 4 is 11.8 Å². The van der Waals surface area contributed by atoms with E-state index in [1.807, 2.05) is 31.2 Å². The topological polar surface area (TPSA) is 70.9 Å². The first kappa shape index (κ1) is 13.5. The van der Waals surface area contributed by atoms with Crippen molar-refractivity contribution in [2.24, 2.45) is 0 Å². The van der Waals surface area contributed by atoms with Crippen LogP contribution in [0.1, 0.15) is 43.9 Å². The Balaban J connectivity index is 1.94. The van der Waals surface area contributed by atoms with Gasteiger partial charge in [-0.05, 0) is 42.7 Å². The van der Waals surface area contributed by atoms with Crippen molar-refractivity contribution in [2.45, 2.75) is 48.4 Å². The highest BCUT2D eigenvalue weighted by molar-refractivity contribution is 7.99. The maximum Gasteiger partial charge on any atom is 0.344 e. The summed E-state index contributed by atoms with van der Waals surface area (Å²) in [6, 6.07) is 8.00. The summed E-state index contributed by atoms with van der Waals surface area (Å²) in [6.45, 7) is 1.95. The Morgan fingerprint density at radius 3 is 2.95 bits per heavy atom. The highest BCUT2D eigenvalue weighted by atomic mass is 32.2. The Hall–Kier alpha value is -1.53. The van der Waals surface area contributed by atoms with Gasteiger partial charge in [0.1, 0.15) is 0 Å². The molecule has 0 aliphatic heterocycles. The van der Waals surface area contributed by atoms with Gasteiger partial charge >= 0.3 is 5.69 Å². The molecule has 1 fully saturated rings. The van der Waals surface area contributed by atoms with Crippen LogP contribution in [0.2, 0.25) is 0 Å². The van der Waals surface area contributed by atoms with Gasteiger partial charge in [0.2, 0.25) is 0 Å². The van der Waals surface area contributed by atoms with Crippen molar-refractivity contribution in [3.63, 3.8) is 0 Å². The van der Waals surface area contributed by atoms with Gasteiger partial charge in [-0.15, -0.1) is 5.10 Å². The number of hydrogen-bond acceptors (Lipinski definition) is 4. The Kier molecular flexibility index (Phi) is 3.67. The van der Waals surface area contributed by atoms with E-state index in [9.17, 15) is 9.90 Å². The molecule has 1 saturated carbocycles. The summed E-state index contributed by atoms with van der Waals surface area (Å²) in [5, 5.41) is 17.4. The van der Waals surface area contributed by atoms with Crippen molar-refractivity contribution in [1.29, 1.82) is 0 Å². The van der Waals surface area contributed by atoms with Gasteiger partial charge in [-0.25, -0.2) is 9.89 Å². The number of aromatic amines is 1. The molecule has 0 radical (unpaired) electrons. The molecule has 1 aromatic carbocycles. The summed E-state index contributed by atoms with van der Waals surface area (Å²) in [5.74, 6) is 0. The summed E-state index contributed by atoms with van der Waals surface area (Å²) >= 11 is 1.43. The fourth-order valence-electron chi connectivity index (χ4n) is 2.18. The van der Waals surface area contributed by atoms with Gasteiger partial charge < -0.3 is 5.11 Å². The minimum absolute atomic E-state index is 0.150. The number of aromatic nitrogens is 3. The molecule has 3 rings (SSSR count). The fourth-order valence-corrected chi connectivity index (χ4v) is 3.27. The molecular weight excluding hydrogens is 274 g/mol. The molecule has 0 unspecified atom stereocenters. The van der Waals surface area contributed by atoms with Gasteiger partial charge in [-0.1, -0.05) is 25.1 Å². The number of nitrogens with one attached hydrogen (secondary N) is 1. The molecule has 0 amide bonds. The molecule has 5 nitrogen and oxygen atoms in total. The lowest BCUT2D eigenvalue weighted by Crippen LogP contribution is -2.16. The summed E-state index contributed by atoms with van der Waals surface area (Å²) in [7, 11) is 0. The molecule has 1 atom stereocenters. The number of aliphatic hydroxyl groups is 1. The normalized spacial score (nSPS) is 16.3. The minimum Gasteiger partial charge on any atom is -0.388 e. The SMILES string of the molecule is CC[C@H](O)c1ccccc1Sc1n[nH]c(=O)n1C1CC1. The Labute approximate surface area is 121 Å². The summed E-state index contributed by atoms with van der Waals surface area (Å²) in [5.41, 5.74) is 0.737. The van der Waals surface area contributed by atoms with Crippen LogP contribution in [0.5, 0.6) is 0 Å². The van der Waals surface area contributed by atoms with Crippen LogP contribution < -0.4 is 5.69 Å². The molecule has 0 bridgehead atoms. The van der Waals surface area contributed by atoms with E-state index in [0.717, 1.165) is 23.3 Å². The van der Waals surface area contributed by atoms with Crippen LogP contribution in [0.3, 0.4) is 0 Å². The molecule has 1 heterocycles. The van der Waals surface area contributed by atoms with Gasteiger partial charge in [0, 0.05) is 10.9 Å². The average molecular weight is 291 g/mol. The molecule has 1 aliphatic carbocycles. The number of nitrogens with zero attached hydrogens (tertiary/aromatic N) is 2. The molecule has 20 heavy (non-hydrogen) atoms. The summed E-state index contributed by atoms with van der Waals surface area (Å²) < 4.78 is 1.72. The van der Waals surface area contributed by atoms with E-state index in [1.54, 1.807) is 4.57 Å². The highest BCUT2D eigenvalue weighted by Crippen LogP contribution is 2.39. The van der Waals surface area contributed by atoms with E-state index in [1.165, 1.54) is 11.8 Å². The largest absolute Gasteiger partial charge is 0.388 e. The Morgan fingerprint density at radius 2 is 2.25 bits per heavy atom. The van der Waals surface area contributed by atoms with Crippen LogP contribution in [0.15, 0.2) is 39.1 Å². The quantitative estimate of drug-likeness (QED) is 0.888. The van der Waals surface area contributed by atoms with E-state index in [2.05, 4.69) is 10.2 Å². The van der Waals surface area contributed by atoms with E-state index >= 15 is 0 Å². The number of H-pyrrole nitrogens is 1. The van der Waals surface area contributed by atoms with E-state index in [0.29, 0.717) is 11.6 Å². The molecule has 0 saturated heterocycles. The second kappa shape index (κ2) is 5.46. The van der Waals surface area contributed by atoms with Crippen molar-refractivity contribution in [2.75, 3.05) is 0 Å². The van der Waals surface area contributed by atoms with E-state index in [-0.39, 0.29) is 11.7 Å². The van der Waals surface area contributed by atoms with E-state index in [4.69, 9.17) is 0 Å². The zero-order chi connectivity index (χ0) is 14.1. The maximum absolute atomic E-state index is 11.8. The smallest absolute Gasteiger partial charge is 0.344 e. The monoisotopic (exact) mass is 291 g/mol. The summed E-state index contributed by atoms with van der Waals surface area (Å²) in [4.78, 5) is 12.7. The first-order valence-corrected chi connectivity index (χ1v) is 7.64. The number of aliphatic hydroxyl groups excluding tert-OH is 1. The van der Waals surface area contributed by atoms with Crippen molar-refractivity contribution in [1.82, 2.24) is 14.8 Å². The number of benzene rings is 1. The lowest BCUT2D eigenvalue weighted by molar-refractivity contribution is 0.171. The first-order valence-electron chi connectivity index (χ1n) is 6.82. The van der Waals surface area contributed by atoms with Gasteiger partial charge in [0.15, 0.2) is 5.16 Å². The van der Waals surface area contributed by atoms with Crippen molar-refractivity contribution < 1.29 is 5.11 Å². The predicted octanol–water partition coefficient (Wildman–Crippen LogP) is 2.50. The standard InChI is InChI=1S/C14H17N3O2S/c1-2-11(18)10-5-3-4-6-12(10)20-14-16-15-13(19)17(14)9-7-8-9/h3-6,9,11,18H,2,7-8H2,1H3,(H,15,19)/t11-/m0/s1. The maximum atomic E-state index is 11.8. The highest BCUT2D eigenvalue weighted by Gasteiger charge is 2.29. The molecule has 2 aromatic rings. The van der Waals surface area contributed by atoms with Gasteiger partial charge in [0.05, 0.1) is 6.10 Å². The van der Waals surface area contributed by atoms with Crippen LogP contribution in [-0.4, -0.2) is 19.9 Å². The number of rotatable bonds is 5. The van der Waals surface area contributed by atoms with Crippen LogP contribution in [0.4, 0.5) is 0 Å². The molecule has 1 aromatic heterocycles. The molecule has 2 N–H and O–H groups in total. The van der Waals surface area contributed by atoms with Crippen LogP contribution in [0.25, 0.3) is 0 Å². The third kappa shape index (κ3) is 2.53. The lowest BCUT2D eigenvalue weighted by atomic mass is 10.1. The fraction of sp³-hybridized carbons (Fsp3) is 0.429. The Morgan fingerprint density at radius 1 is 1.50 bits per heavy atom. The second-order valence-corrected chi connectivity index (χ2v) is 5.99. The minimum atomic E-state index is -0.487. The molecule has 6 heteroatoms.